The summed E-state index contributed by atoms with van der Waals surface area (Å²) in [6, 6.07) is 7.40. The second kappa shape index (κ2) is 6.75. The van der Waals surface area contributed by atoms with Gasteiger partial charge in [0.05, 0.1) is 12.7 Å². The van der Waals surface area contributed by atoms with Gasteiger partial charge in [0.1, 0.15) is 5.76 Å². The lowest BCUT2D eigenvalue weighted by Gasteiger charge is -2.06. The highest BCUT2D eigenvalue weighted by Gasteiger charge is 2.07. The quantitative estimate of drug-likeness (QED) is 0.849. The third kappa shape index (κ3) is 3.85. The summed E-state index contributed by atoms with van der Waals surface area (Å²) in [5.74, 6) is 1.11. The van der Waals surface area contributed by atoms with Gasteiger partial charge in [-0.25, -0.2) is 4.98 Å². The van der Waals surface area contributed by atoms with Gasteiger partial charge < -0.3 is 15.1 Å². The summed E-state index contributed by atoms with van der Waals surface area (Å²) in [4.78, 5) is 16.0. The molecule has 0 aliphatic carbocycles. The van der Waals surface area contributed by atoms with E-state index in [1.807, 2.05) is 19.1 Å². The van der Waals surface area contributed by atoms with Gasteiger partial charge in [-0.15, -0.1) is 0 Å². The number of hydrogen-bond acceptors (Lipinski definition) is 4. The molecule has 5 heteroatoms. The molecule has 2 N–H and O–H groups in total. The highest BCUT2D eigenvalue weighted by Crippen LogP contribution is 2.10. The first-order chi connectivity index (χ1) is 9.69. The minimum atomic E-state index is -0.136. The minimum absolute atomic E-state index is 0.136. The van der Waals surface area contributed by atoms with Gasteiger partial charge in [-0.2, -0.15) is 0 Å². The van der Waals surface area contributed by atoms with Crippen LogP contribution < -0.4 is 10.6 Å². The molecule has 2 aromatic rings. The van der Waals surface area contributed by atoms with Crippen molar-refractivity contribution in [1.29, 1.82) is 0 Å². The normalized spacial score (nSPS) is 10.3. The second-order valence-electron chi connectivity index (χ2n) is 4.55. The molecule has 1 aromatic carbocycles. The van der Waals surface area contributed by atoms with E-state index in [-0.39, 0.29) is 5.91 Å². The Hall–Kier alpha value is -2.30. The second-order valence-corrected chi connectivity index (χ2v) is 4.55. The van der Waals surface area contributed by atoms with Gasteiger partial charge in [-0.3, -0.25) is 4.79 Å². The fourth-order valence-corrected chi connectivity index (χ4v) is 1.75. The number of nitrogens with one attached hydrogen (secondary N) is 2. The highest BCUT2D eigenvalue weighted by molar-refractivity contribution is 5.94. The molecule has 0 bridgehead atoms. The van der Waals surface area contributed by atoms with E-state index in [1.165, 1.54) is 0 Å². The van der Waals surface area contributed by atoms with Crippen molar-refractivity contribution in [3.63, 3.8) is 0 Å². The van der Waals surface area contributed by atoms with Gasteiger partial charge >= 0.3 is 0 Å². The first kappa shape index (κ1) is 14.1. The van der Waals surface area contributed by atoms with Crippen LogP contribution in [0.1, 0.15) is 35.4 Å². The summed E-state index contributed by atoms with van der Waals surface area (Å²) in [6.07, 6.45) is 2.70. The van der Waals surface area contributed by atoms with Crippen molar-refractivity contribution in [2.75, 3.05) is 11.9 Å². The Kier molecular flexibility index (Phi) is 4.76. The SMILES string of the molecule is CCCNc1ccc(C(=O)NCc2ncc(C)o2)cc1. The fraction of sp³-hybridized carbons (Fsp3) is 0.333. The van der Waals surface area contributed by atoms with Crippen molar-refractivity contribution < 1.29 is 9.21 Å². The Labute approximate surface area is 118 Å². The average Bonchev–Trinajstić information content (AvgIpc) is 2.89. The van der Waals surface area contributed by atoms with Crippen LogP contribution in [0.3, 0.4) is 0 Å². The molecule has 0 aliphatic rings. The Morgan fingerprint density at radius 2 is 2.05 bits per heavy atom. The number of carbonyl (C=O) groups is 1. The molecule has 0 atom stereocenters. The predicted octanol–water partition coefficient (Wildman–Crippen LogP) is 2.73. The molecule has 0 spiro atoms. The van der Waals surface area contributed by atoms with Crippen LogP contribution in [0.25, 0.3) is 0 Å². The molecule has 1 amide bonds. The Morgan fingerprint density at radius 3 is 2.65 bits per heavy atom. The molecular formula is C15H19N3O2. The summed E-state index contributed by atoms with van der Waals surface area (Å²) in [5.41, 5.74) is 1.64. The number of aryl methyl sites for hydroxylation is 1. The zero-order valence-electron chi connectivity index (χ0n) is 11.8. The summed E-state index contributed by atoms with van der Waals surface area (Å²) in [6.45, 7) is 5.15. The largest absolute Gasteiger partial charge is 0.444 e. The minimum Gasteiger partial charge on any atom is -0.444 e. The third-order valence-electron chi connectivity index (χ3n) is 2.80. The number of oxazole rings is 1. The number of anilines is 1. The average molecular weight is 273 g/mol. The molecule has 1 heterocycles. The first-order valence-electron chi connectivity index (χ1n) is 6.72. The lowest BCUT2D eigenvalue weighted by atomic mass is 10.2. The van der Waals surface area contributed by atoms with Crippen molar-refractivity contribution in [2.24, 2.45) is 0 Å². The predicted molar refractivity (Wildman–Crippen MR) is 77.6 cm³/mol. The lowest BCUT2D eigenvalue weighted by molar-refractivity contribution is 0.0947. The van der Waals surface area contributed by atoms with E-state index < -0.39 is 0 Å². The molecule has 1 aromatic heterocycles. The standard InChI is InChI=1S/C15H19N3O2/c1-3-8-16-13-6-4-12(5-7-13)15(19)18-10-14-17-9-11(2)20-14/h4-7,9,16H,3,8,10H2,1-2H3,(H,18,19). The van der Waals surface area contributed by atoms with Crippen molar-refractivity contribution in [1.82, 2.24) is 10.3 Å². The first-order valence-corrected chi connectivity index (χ1v) is 6.72. The number of aromatic nitrogens is 1. The van der Waals surface area contributed by atoms with Crippen molar-refractivity contribution in [2.45, 2.75) is 26.8 Å². The van der Waals surface area contributed by atoms with Gasteiger partial charge in [0.25, 0.3) is 5.91 Å². The van der Waals surface area contributed by atoms with Crippen molar-refractivity contribution in [3.05, 3.63) is 47.7 Å². The molecule has 106 valence electrons. The van der Waals surface area contributed by atoms with Gasteiger partial charge in [0, 0.05) is 17.8 Å². The van der Waals surface area contributed by atoms with E-state index in [4.69, 9.17) is 4.42 Å². The van der Waals surface area contributed by atoms with Crippen LogP contribution in [0, 0.1) is 6.92 Å². The maximum Gasteiger partial charge on any atom is 0.251 e. The maximum absolute atomic E-state index is 11.9. The molecule has 2 rings (SSSR count). The van der Waals surface area contributed by atoms with E-state index in [2.05, 4.69) is 22.5 Å². The Morgan fingerprint density at radius 1 is 1.30 bits per heavy atom. The van der Waals surface area contributed by atoms with Gasteiger partial charge in [0.15, 0.2) is 0 Å². The highest BCUT2D eigenvalue weighted by atomic mass is 16.4. The number of benzene rings is 1. The van der Waals surface area contributed by atoms with Crippen LogP contribution in [0.2, 0.25) is 0 Å². The zero-order chi connectivity index (χ0) is 14.4. The van der Waals surface area contributed by atoms with Crippen LogP contribution in [0.5, 0.6) is 0 Å². The van der Waals surface area contributed by atoms with Gasteiger partial charge in [-0.1, -0.05) is 6.92 Å². The van der Waals surface area contributed by atoms with Crippen LogP contribution in [0.4, 0.5) is 5.69 Å². The molecular weight excluding hydrogens is 254 g/mol. The third-order valence-corrected chi connectivity index (χ3v) is 2.80. The van der Waals surface area contributed by atoms with Gasteiger partial charge in [-0.05, 0) is 37.6 Å². The number of carbonyl (C=O) groups excluding carboxylic acids is 1. The summed E-state index contributed by atoms with van der Waals surface area (Å²) >= 11 is 0. The van der Waals surface area contributed by atoms with Crippen molar-refractivity contribution in [3.8, 4) is 0 Å². The summed E-state index contributed by atoms with van der Waals surface area (Å²) < 4.78 is 5.30. The van der Waals surface area contributed by atoms with E-state index in [9.17, 15) is 4.79 Å². The maximum atomic E-state index is 11.9. The molecule has 0 saturated carbocycles. The van der Waals surface area contributed by atoms with Crippen LogP contribution >= 0.6 is 0 Å². The summed E-state index contributed by atoms with van der Waals surface area (Å²) in [7, 11) is 0. The Balaban J connectivity index is 1.88. The molecule has 20 heavy (non-hydrogen) atoms. The smallest absolute Gasteiger partial charge is 0.251 e. The Bertz CT molecular complexity index is 561. The van der Waals surface area contributed by atoms with E-state index in [0.717, 1.165) is 24.4 Å². The van der Waals surface area contributed by atoms with Crippen LogP contribution in [-0.4, -0.2) is 17.4 Å². The number of nitrogens with zero attached hydrogens (tertiary/aromatic N) is 1. The number of amides is 1. The monoisotopic (exact) mass is 273 g/mol. The van der Waals surface area contributed by atoms with E-state index >= 15 is 0 Å². The molecule has 0 saturated heterocycles. The molecule has 0 unspecified atom stereocenters. The van der Waals surface area contributed by atoms with E-state index in [1.54, 1.807) is 18.3 Å². The van der Waals surface area contributed by atoms with Gasteiger partial charge in [0.2, 0.25) is 5.89 Å². The zero-order valence-corrected chi connectivity index (χ0v) is 11.8. The molecule has 5 nitrogen and oxygen atoms in total. The van der Waals surface area contributed by atoms with E-state index in [0.29, 0.717) is 18.0 Å². The number of rotatable bonds is 6. The molecule has 0 aliphatic heterocycles. The molecule has 0 radical (unpaired) electrons. The number of hydrogen-bond donors (Lipinski definition) is 2. The van der Waals surface area contributed by atoms with Crippen molar-refractivity contribution >= 4 is 11.6 Å². The lowest BCUT2D eigenvalue weighted by Crippen LogP contribution is -2.22. The topological polar surface area (TPSA) is 67.2 Å². The fourth-order valence-electron chi connectivity index (χ4n) is 1.75. The summed E-state index contributed by atoms with van der Waals surface area (Å²) in [5, 5.41) is 6.04. The molecule has 0 fully saturated rings. The van der Waals surface area contributed by atoms with Crippen LogP contribution in [0.15, 0.2) is 34.9 Å². The van der Waals surface area contributed by atoms with Crippen LogP contribution in [-0.2, 0) is 6.54 Å².